The van der Waals surface area contributed by atoms with Gasteiger partial charge in [0.05, 0.1) is 42.3 Å². The summed E-state index contributed by atoms with van der Waals surface area (Å²) in [5, 5.41) is 5.68. The molecule has 5 aliphatic heterocycles. The van der Waals surface area contributed by atoms with Gasteiger partial charge in [-0.15, -0.1) is 0 Å². The van der Waals surface area contributed by atoms with E-state index in [1.165, 1.54) is 0 Å². The molecule has 2 N–H and O–H groups in total. The molecular weight excluding hydrogens is 762 g/mol. The van der Waals surface area contributed by atoms with Crippen LogP contribution in [0.1, 0.15) is 59.2 Å². The van der Waals surface area contributed by atoms with Crippen molar-refractivity contribution >= 4 is 69.7 Å². The van der Waals surface area contributed by atoms with Crippen LogP contribution < -0.4 is 25.3 Å². The van der Waals surface area contributed by atoms with Crippen molar-refractivity contribution in [2.75, 3.05) is 85.5 Å². The summed E-state index contributed by atoms with van der Waals surface area (Å²) in [5.74, 6) is -1.56. The van der Waals surface area contributed by atoms with E-state index in [0.717, 1.165) is 107 Å². The molecule has 8 rings (SSSR count). The fraction of sp³-hybridized carbons (Fsp3) is 0.452. The van der Waals surface area contributed by atoms with Crippen LogP contribution in [0.25, 0.3) is 4.85 Å². The van der Waals surface area contributed by atoms with Gasteiger partial charge in [0.25, 0.3) is 11.8 Å². The standard InChI is InChI=1S/C42H46ClN9O6/c1-44-35-6-3-29(25-34(35)43)49-14-10-27(11-15-49)39(54)46-37-8-4-30(26-45-37)50-16-12-31(13-17-50)58-23-22-48-18-20-51(21-19-48)28-2-5-32-33(24-28)42(57)52(41(32)56)36-7-9-38(53)47-40(36)55/h2-6,8,24-27,31,36H,7,9-23H2,(H,45,46,54)(H,47,53,55). The summed E-state index contributed by atoms with van der Waals surface area (Å²) in [6, 6.07) is 13.6. The molecule has 58 heavy (non-hydrogen) atoms. The van der Waals surface area contributed by atoms with Crippen LogP contribution in [0.4, 0.5) is 28.6 Å². The van der Waals surface area contributed by atoms with E-state index in [1.807, 2.05) is 36.5 Å². The zero-order valence-electron chi connectivity index (χ0n) is 32.2. The molecule has 0 spiro atoms. The normalized spacial score (nSPS) is 20.9. The summed E-state index contributed by atoms with van der Waals surface area (Å²) in [4.78, 5) is 81.5. The Labute approximate surface area is 342 Å². The number of nitrogens with one attached hydrogen (secondary N) is 2. The van der Waals surface area contributed by atoms with Crippen molar-refractivity contribution in [2.24, 2.45) is 5.92 Å². The molecule has 1 unspecified atom stereocenters. The average molecular weight is 808 g/mol. The molecule has 2 aromatic carbocycles. The number of ether oxygens (including phenoxy) is 1. The van der Waals surface area contributed by atoms with E-state index in [1.54, 1.807) is 18.2 Å². The molecule has 0 bridgehead atoms. The van der Waals surface area contributed by atoms with Gasteiger partial charge in [-0.1, -0.05) is 17.7 Å². The number of nitrogens with zero attached hydrogens (tertiary/aromatic N) is 7. The Bertz CT molecular complexity index is 2120. The molecule has 1 aromatic heterocycles. The lowest BCUT2D eigenvalue weighted by atomic mass is 9.95. The van der Waals surface area contributed by atoms with E-state index >= 15 is 0 Å². The molecule has 16 heteroatoms. The molecule has 3 aromatic rings. The van der Waals surface area contributed by atoms with Gasteiger partial charge in [-0.25, -0.2) is 9.83 Å². The topological polar surface area (TPSA) is 152 Å². The number of hydrogen-bond donors (Lipinski definition) is 2. The molecule has 5 amide bonds. The molecule has 0 saturated carbocycles. The number of pyridine rings is 1. The quantitative estimate of drug-likeness (QED) is 0.222. The Morgan fingerprint density at radius 2 is 1.47 bits per heavy atom. The van der Waals surface area contributed by atoms with Crippen LogP contribution in [-0.4, -0.2) is 122 Å². The van der Waals surface area contributed by atoms with Crippen molar-refractivity contribution in [2.45, 2.75) is 50.7 Å². The van der Waals surface area contributed by atoms with Crippen molar-refractivity contribution in [3.05, 3.63) is 82.3 Å². The van der Waals surface area contributed by atoms with E-state index in [2.05, 4.69) is 40.1 Å². The molecule has 302 valence electrons. The summed E-state index contributed by atoms with van der Waals surface area (Å²) in [7, 11) is 0. The first-order valence-electron chi connectivity index (χ1n) is 20.0. The minimum Gasteiger partial charge on any atom is -0.377 e. The predicted molar refractivity (Wildman–Crippen MR) is 218 cm³/mol. The van der Waals surface area contributed by atoms with Crippen molar-refractivity contribution in [3.8, 4) is 0 Å². The number of piperidine rings is 3. The van der Waals surface area contributed by atoms with Crippen LogP contribution in [-0.2, 0) is 19.1 Å². The summed E-state index contributed by atoms with van der Waals surface area (Å²) in [6.07, 6.45) is 5.52. The van der Waals surface area contributed by atoms with Crippen LogP contribution in [0.5, 0.6) is 0 Å². The second-order valence-corrected chi connectivity index (χ2v) is 15.9. The number of piperazine rings is 1. The Hall–Kier alpha value is -5.56. The van der Waals surface area contributed by atoms with Gasteiger partial charge in [0.15, 0.2) is 0 Å². The van der Waals surface area contributed by atoms with Gasteiger partial charge >= 0.3 is 0 Å². The number of anilines is 4. The fourth-order valence-electron chi connectivity index (χ4n) is 8.57. The zero-order chi connectivity index (χ0) is 40.3. The molecule has 0 radical (unpaired) electrons. The van der Waals surface area contributed by atoms with E-state index in [9.17, 15) is 24.0 Å². The van der Waals surface area contributed by atoms with Crippen molar-refractivity contribution in [1.82, 2.24) is 20.1 Å². The first-order chi connectivity index (χ1) is 28.1. The predicted octanol–water partition coefficient (Wildman–Crippen LogP) is 4.35. The number of imide groups is 2. The van der Waals surface area contributed by atoms with Gasteiger partial charge < -0.3 is 24.8 Å². The highest BCUT2D eigenvalue weighted by Gasteiger charge is 2.45. The van der Waals surface area contributed by atoms with Gasteiger partial charge in [-0.2, -0.15) is 0 Å². The third-order valence-electron chi connectivity index (χ3n) is 12.0. The number of aromatic nitrogens is 1. The molecular formula is C42H46ClN9O6. The van der Waals surface area contributed by atoms with E-state index < -0.39 is 29.7 Å². The van der Waals surface area contributed by atoms with Crippen LogP contribution in [0.2, 0.25) is 5.02 Å². The molecule has 4 saturated heterocycles. The molecule has 4 fully saturated rings. The first-order valence-corrected chi connectivity index (χ1v) is 20.4. The number of benzene rings is 2. The van der Waals surface area contributed by atoms with Crippen LogP contribution >= 0.6 is 11.6 Å². The van der Waals surface area contributed by atoms with E-state index in [4.69, 9.17) is 22.9 Å². The number of fused-ring (bicyclic) bond motifs is 1. The van der Waals surface area contributed by atoms with Crippen LogP contribution in [0, 0.1) is 12.5 Å². The van der Waals surface area contributed by atoms with Crippen molar-refractivity contribution in [1.29, 1.82) is 0 Å². The highest BCUT2D eigenvalue weighted by Crippen LogP contribution is 2.33. The van der Waals surface area contributed by atoms with E-state index in [0.29, 0.717) is 28.7 Å². The lowest BCUT2D eigenvalue weighted by Crippen LogP contribution is -2.54. The second kappa shape index (κ2) is 17.1. The first kappa shape index (κ1) is 39.3. The summed E-state index contributed by atoms with van der Waals surface area (Å²) in [6.45, 7) is 15.1. The van der Waals surface area contributed by atoms with Gasteiger partial charge in [0, 0.05) is 87.6 Å². The second-order valence-electron chi connectivity index (χ2n) is 15.5. The maximum absolute atomic E-state index is 13.3. The van der Waals surface area contributed by atoms with E-state index in [-0.39, 0.29) is 36.3 Å². The number of carbonyl (C=O) groups excluding carboxylic acids is 5. The smallest absolute Gasteiger partial charge is 0.262 e. The van der Waals surface area contributed by atoms with Gasteiger partial charge in [-0.05, 0) is 74.6 Å². The maximum atomic E-state index is 13.3. The fourth-order valence-corrected chi connectivity index (χ4v) is 8.79. The third-order valence-corrected chi connectivity index (χ3v) is 12.3. The number of halogens is 1. The lowest BCUT2D eigenvalue weighted by Gasteiger charge is -2.37. The molecule has 6 heterocycles. The number of rotatable bonds is 10. The van der Waals surface area contributed by atoms with Crippen molar-refractivity contribution < 1.29 is 28.7 Å². The Morgan fingerprint density at radius 1 is 0.810 bits per heavy atom. The highest BCUT2D eigenvalue weighted by atomic mass is 35.5. The maximum Gasteiger partial charge on any atom is 0.262 e. The highest BCUT2D eigenvalue weighted by molar-refractivity contribution is 6.33. The minimum absolute atomic E-state index is 0.0155. The van der Waals surface area contributed by atoms with Gasteiger partial charge in [0.1, 0.15) is 11.9 Å². The third kappa shape index (κ3) is 8.36. The minimum atomic E-state index is -0.976. The van der Waals surface area contributed by atoms with Gasteiger partial charge in [0.2, 0.25) is 23.4 Å². The number of carbonyl (C=O) groups is 5. The van der Waals surface area contributed by atoms with Gasteiger partial charge in [-0.3, -0.25) is 39.1 Å². The molecule has 1 atom stereocenters. The Balaban J connectivity index is 0.726. The summed E-state index contributed by atoms with van der Waals surface area (Å²) < 4.78 is 6.31. The lowest BCUT2D eigenvalue weighted by molar-refractivity contribution is -0.136. The van der Waals surface area contributed by atoms with Crippen LogP contribution in [0.3, 0.4) is 0 Å². The SMILES string of the molecule is [C-]#[N+]c1ccc(N2CCC(C(=O)Nc3ccc(N4CCC(OCCN5CCN(c6ccc7c(c6)C(=O)N(C6CCC(=O)NC6=O)C7=O)CC5)CC4)cn3)CC2)cc1Cl. The molecule has 0 aliphatic carbocycles. The number of hydrogen-bond acceptors (Lipinski definition) is 11. The number of amides is 5. The van der Waals surface area contributed by atoms with Crippen LogP contribution in [0.15, 0.2) is 54.7 Å². The largest absolute Gasteiger partial charge is 0.377 e. The monoisotopic (exact) mass is 807 g/mol. The van der Waals surface area contributed by atoms with Crippen molar-refractivity contribution in [3.63, 3.8) is 0 Å². The molecule has 15 nitrogen and oxygen atoms in total. The Kier molecular flexibility index (Phi) is 11.6. The summed E-state index contributed by atoms with van der Waals surface area (Å²) in [5.41, 5.74) is 3.88. The zero-order valence-corrected chi connectivity index (χ0v) is 33.0. The average Bonchev–Trinajstić information content (AvgIpc) is 3.49. The Morgan fingerprint density at radius 3 is 2.16 bits per heavy atom. The molecule has 5 aliphatic rings. The summed E-state index contributed by atoms with van der Waals surface area (Å²) >= 11 is 6.23.